The van der Waals surface area contributed by atoms with Gasteiger partial charge < -0.3 is 39.9 Å². The highest BCUT2D eigenvalue weighted by molar-refractivity contribution is 5.66. The molecule has 1 heterocycles. The van der Waals surface area contributed by atoms with Crippen LogP contribution < -0.4 is 30.4 Å². The van der Waals surface area contributed by atoms with Crippen LogP contribution in [0.3, 0.4) is 0 Å². The maximum atomic E-state index is 11.2. The third kappa shape index (κ3) is 6.49. The van der Waals surface area contributed by atoms with Gasteiger partial charge in [-0.05, 0) is 0 Å². The Labute approximate surface area is 193 Å². The van der Waals surface area contributed by atoms with Crippen LogP contribution in [-0.4, -0.2) is 62.7 Å². The van der Waals surface area contributed by atoms with E-state index in [9.17, 15) is 20.2 Å². The maximum absolute atomic E-state index is 11.2. The molecule has 0 unspecified atom stereocenters. The van der Waals surface area contributed by atoms with Crippen molar-refractivity contribution in [1.82, 2.24) is 0 Å². The summed E-state index contributed by atoms with van der Waals surface area (Å²) < 4.78 is 33.3. The van der Waals surface area contributed by atoms with Gasteiger partial charge in [-0.15, -0.1) is 0 Å². The van der Waals surface area contributed by atoms with Crippen molar-refractivity contribution in [2.75, 3.05) is 64.3 Å². The molecule has 0 aromatic heterocycles. The molecule has 2 aromatic carbocycles. The summed E-state index contributed by atoms with van der Waals surface area (Å²) in [4.78, 5) is 21.1. The first-order valence-corrected chi connectivity index (χ1v) is 10.2. The predicted molar refractivity (Wildman–Crippen MR) is 119 cm³/mol. The minimum absolute atomic E-state index is 0.0643. The van der Waals surface area contributed by atoms with E-state index in [-0.39, 0.29) is 98.6 Å². The SMILES string of the molecule is Nc1cc2c(cc1[N+](=O)[O-])OCCOCCOc1cc(N)c([N+](=O)[O-])cc1OCCOCCO2. The molecular weight excluding hydrogens is 456 g/mol. The van der Waals surface area contributed by atoms with E-state index in [1.807, 2.05) is 0 Å². The summed E-state index contributed by atoms with van der Waals surface area (Å²) in [7, 11) is 0. The highest BCUT2D eigenvalue weighted by atomic mass is 16.6. The van der Waals surface area contributed by atoms with Crippen LogP contribution in [0.15, 0.2) is 24.3 Å². The quantitative estimate of drug-likeness (QED) is 0.361. The van der Waals surface area contributed by atoms with Gasteiger partial charge in [0.05, 0.1) is 48.4 Å². The van der Waals surface area contributed by atoms with Crippen LogP contribution >= 0.6 is 0 Å². The smallest absolute Gasteiger partial charge is 0.296 e. The normalized spacial score (nSPS) is 15.5. The summed E-state index contributed by atoms with van der Waals surface area (Å²) in [6.45, 7) is 0.977. The monoisotopic (exact) mass is 480 g/mol. The summed E-state index contributed by atoms with van der Waals surface area (Å²) in [6, 6.07) is 5.03. The van der Waals surface area contributed by atoms with Crippen molar-refractivity contribution in [3.8, 4) is 23.0 Å². The van der Waals surface area contributed by atoms with Gasteiger partial charge in [-0.25, -0.2) is 0 Å². The van der Waals surface area contributed by atoms with Gasteiger partial charge in [-0.1, -0.05) is 0 Å². The Morgan fingerprint density at radius 2 is 0.853 bits per heavy atom. The van der Waals surface area contributed by atoms with E-state index in [4.69, 9.17) is 39.9 Å². The number of nitrogens with zero attached hydrogens (tertiary/aromatic N) is 2. The number of nitrogens with two attached hydrogens (primary N) is 2. The number of fused-ring (bicyclic) bond motifs is 2. The molecule has 0 fully saturated rings. The van der Waals surface area contributed by atoms with Gasteiger partial charge in [0.2, 0.25) is 0 Å². The third-order valence-electron chi connectivity index (χ3n) is 4.52. The minimum atomic E-state index is -0.611. The Kier molecular flexibility index (Phi) is 8.48. The zero-order chi connectivity index (χ0) is 24.5. The fourth-order valence-corrected chi connectivity index (χ4v) is 2.94. The largest absolute Gasteiger partial charge is 0.487 e. The fourth-order valence-electron chi connectivity index (χ4n) is 2.94. The molecule has 34 heavy (non-hydrogen) atoms. The summed E-state index contributed by atoms with van der Waals surface area (Å²) in [6.07, 6.45) is 0. The number of benzene rings is 2. The van der Waals surface area contributed by atoms with Gasteiger partial charge in [0.15, 0.2) is 23.0 Å². The van der Waals surface area contributed by atoms with E-state index in [2.05, 4.69) is 0 Å². The van der Waals surface area contributed by atoms with E-state index < -0.39 is 9.85 Å². The Hall–Kier alpha value is -4.04. The average Bonchev–Trinajstić information content (AvgIpc) is 2.78. The number of nitro benzene ring substituents is 2. The number of rotatable bonds is 2. The Balaban J connectivity index is 1.70. The summed E-state index contributed by atoms with van der Waals surface area (Å²) in [5.41, 5.74) is 10.8. The van der Waals surface area contributed by atoms with E-state index in [0.29, 0.717) is 0 Å². The Bertz CT molecular complexity index is 951. The van der Waals surface area contributed by atoms with E-state index in [0.717, 1.165) is 0 Å². The lowest BCUT2D eigenvalue weighted by Gasteiger charge is -2.16. The summed E-state index contributed by atoms with van der Waals surface area (Å²) in [5.74, 6) is 0.754. The molecule has 0 saturated carbocycles. The molecule has 3 rings (SSSR count). The molecule has 184 valence electrons. The summed E-state index contributed by atoms with van der Waals surface area (Å²) in [5, 5.41) is 22.4. The van der Waals surface area contributed by atoms with Crippen LogP contribution in [0.1, 0.15) is 0 Å². The van der Waals surface area contributed by atoms with Gasteiger partial charge in [0.25, 0.3) is 11.4 Å². The van der Waals surface area contributed by atoms with E-state index in [1.165, 1.54) is 24.3 Å². The van der Waals surface area contributed by atoms with Crippen LogP contribution in [0.5, 0.6) is 23.0 Å². The number of nitro groups is 2. The average molecular weight is 480 g/mol. The van der Waals surface area contributed by atoms with Crippen molar-refractivity contribution < 1.29 is 38.3 Å². The molecule has 0 bridgehead atoms. The van der Waals surface area contributed by atoms with Gasteiger partial charge >= 0.3 is 0 Å². The molecule has 4 N–H and O–H groups in total. The van der Waals surface area contributed by atoms with Gasteiger partial charge in [0.1, 0.15) is 37.8 Å². The number of hydrogen-bond acceptors (Lipinski definition) is 12. The lowest BCUT2D eigenvalue weighted by atomic mass is 10.2. The standard InChI is InChI=1S/C20H24N4O10/c21-13-9-17-19(11-15(13)23(25)26)34-8-4-30-2-6-32-18-10-14(22)16(24(27)28)12-20(18)33-7-3-29-1-5-31-17/h9-12H,1-8,21-22H2. The molecule has 0 spiro atoms. The number of hydrogen-bond donors (Lipinski definition) is 2. The van der Waals surface area contributed by atoms with Crippen molar-refractivity contribution >= 4 is 22.7 Å². The van der Waals surface area contributed by atoms with Crippen molar-refractivity contribution in [2.24, 2.45) is 0 Å². The highest BCUT2D eigenvalue weighted by Crippen LogP contribution is 2.37. The van der Waals surface area contributed by atoms with Crippen LogP contribution in [-0.2, 0) is 9.47 Å². The number of ether oxygens (including phenoxy) is 6. The molecule has 0 saturated heterocycles. The van der Waals surface area contributed by atoms with Crippen molar-refractivity contribution in [3.63, 3.8) is 0 Å². The molecule has 14 nitrogen and oxygen atoms in total. The van der Waals surface area contributed by atoms with E-state index in [1.54, 1.807) is 0 Å². The molecule has 14 heteroatoms. The molecule has 0 aliphatic carbocycles. The lowest BCUT2D eigenvalue weighted by molar-refractivity contribution is -0.384. The predicted octanol–water partition coefficient (Wildman–Crippen LogP) is 1.93. The number of nitrogen functional groups attached to an aromatic ring is 2. The van der Waals surface area contributed by atoms with Crippen LogP contribution in [0.25, 0.3) is 0 Å². The van der Waals surface area contributed by atoms with Crippen LogP contribution in [0.4, 0.5) is 22.7 Å². The molecule has 0 radical (unpaired) electrons. The molecule has 0 atom stereocenters. The third-order valence-corrected chi connectivity index (χ3v) is 4.52. The zero-order valence-electron chi connectivity index (χ0n) is 18.1. The number of anilines is 2. The van der Waals surface area contributed by atoms with Crippen LogP contribution in [0, 0.1) is 20.2 Å². The van der Waals surface area contributed by atoms with Gasteiger partial charge in [-0.3, -0.25) is 20.2 Å². The lowest BCUT2D eigenvalue weighted by Crippen LogP contribution is -2.16. The van der Waals surface area contributed by atoms with E-state index >= 15 is 0 Å². The first kappa shape index (κ1) is 24.6. The fraction of sp³-hybridized carbons (Fsp3) is 0.400. The summed E-state index contributed by atoms with van der Waals surface area (Å²) >= 11 is 0. The maximum Gasteiger partial charge on any atom is 0.296 e. The molecule has 0 amide bonds. The second-order valence-electron chi connectivity index (χ2n) is 6.85. The second kappa shape index (κ2) is 11.7. The molecule has 2 aromatic rings. The minimum Gasteiger partial charge on any atom is -0.487 e. The first-order chi connectivity index (χ1) is 16.4. The van der Waals surface area contributed by atoms with Crippen LogP contribution in [0.2, 0.25) is 0 Å². The van der Waals surface area contributed by atoms with Crippen molar-refractivity contribution in [2.45, 2.75) is 0 Å². The second-order valence-corrected chi connectivity index (χ2v) is 6.85. The van der Waals surface area contributed by atoms with Gasteiger partial charge in [-0.2, -0.15) is 0 Å². The Morgan fingerprint density at radius 3 is 1.15 bits per heavy atom. The first-order valence-electron chi connectivity index (χ1n) is 10.2. The van der Waals surface area contributed by atoms with Crippen molar-refractivity contribution in [1.29, 1.82) is 0 Å². The van der Waals surface area contributed by atoms with Crippen molar-refractivity contribution in [3.05, 3.63) is 44.5 Å². The topological polar surface area (TPSA) is 194 Å². The van der Waals surface area contributed by atoms with Gasteiger partial charge in [0, 0.05) is 12.1 Å². The highest BCUT2D eigenvalue weighted by Gasteiger charge is 2.20. The Morgan fingerprint density at radius 1 is 0.559 bits per heavy atom. The molecule has 1 aliphatic heterocycles. The zero-order valence-corrected chi connectivity index (χ0v) is 18.1. The molecular formula is C20H24N4O10. The molecule has 1 aliphatic rings.